The molecule has 2 aromatic carbocycles. The highest BCUT2D eigenvalue weighted by Gasteiger charge is 2.22. The van der Waals surface area contributed by atoms with Gasteiger partial charge in [0.25, 0.3) is 0 Å². The lowest BCUT2D eigenvalue weighted by Crippen LogP contribution is -2.22. The Labute approximate surface area is 183 Å². The van der Waals surface area contributed by atoms with Gasteiger partial charge in [-0.15, -0.1) is 21.5 Å². The zero-order valence-corrected chi connectivity index (χ0v) is 18.5. The van der Waals surface area contributed by atoms with Gasteiger partial charge in [0.15, 0.2) is 16.1 Å². The lowest BCUT2D eigenvalue weighted by molar-refractivity contribution is -0.115. The summed E-state index contributed by atoms with van der Waals surface area (Å²) in [6.07, 6.45) is 0. The van der Waals surface area contributed by atoms with Crippen molar-refractivity contribution in [3.63, 3.8) is 0 Å². The number of carbonyl (C=O) groups is 1. The van der Waals surface area contributed by atoms with E-state index in [2.05, 4.69) is 20.5 Å². The van der Waals surface area contributed by atoms with Crippen molar-refractivity contribution in [2.75, 3.05) is 5.32 Å². The highest BCUT2D eigenvalue weighted by molar-refractivity contribution is 8.00. The van der Waals surface area contributed by atoms with Crippen LogP contribution in [-0.2, 0) is 4.79 Å². The summed E-state index contributed by atoms with van der Waals surface area (Å²) in [7, 11) is 0. The molecule has 6 nitrogen and oxygen atoms in total. The van der Waals surface area contributed by atoms with Gasteiger partial charge in [0.2, 0.25) is 5.91 Å². The normalized spacial score (nSPS) is 12.0. The van der Waals surface area contributed by atoms with E-state index in [1.54, 1.807) is 0 Å². The second-order valence-corrected chi connectivity index (χ2v) is 9.26. The van der Waals surface area contributed by atoms with E-state index in [0.29, 0.717) is 10.3 Å². The molecule has 0 saturated heterocycles. The third kappa shape index (κ3) is 4.29. The number of nitrogens with one attached hydrogen (secondary N) is 1. The first-order valence-corrected chi connectivity index (χ1v) is 11.2. The molecule has 1 unspecified atom stereocenters. The van der Waals surface area contributed by atoms with E-state index in [1.807, 2.05) is 86.0 Å². The fourth-order valence-electron chi connectivity index (χ4n) is 2.88. The molecule has 0 bridgehead atoms. The quantitative estimate of drug-likeness (QED) is 0.425. The Morgan fingerprint density at radius 3 is 2.33 bits per heavy atom. The molecule has 8 heteroatoms. The maximum absolute atomic E-state index is 12.7. The summed E-state index contributed by atoms with van der Waals surface area (Å²) in [6, 6.07) is 19.8. The van der Waals surface area contributed by atoms with Gasteiger partial charge in [-0.1, -0.05) is 60.3 Å². The third-order valence-corrected chi connectivity index (χ3v) is 6.62. The van der Waals surface area contributed by atoms with Gasteiger partial charge in [0, 0.05) is 16.1 Å². The number of para-hydroxylation sites is 1. The molecule has 30 heavy (non-hydrogen) atoms. The van der Waals surface area contributed by atoms with Gasteiger partial charge in [-0.05, 0) is 32.9 Å². The molecule has 2 aromatic heterocycles. The van der Waals surface area contributed by atoms with Crippen molar-refractivity contribution in [3.05, 3.63) is 71.2 Å². The zero-order valence-electron chi connectivity index (χ0n) is 16.9. The van der Waals surface area contributed by atoms with E-state index in [9.17, 15) is 4.79 Å². The zero-order chi connectivity index (χ0) is 21.1. The summed E-state index contributed by atoms with van der Waals surface area (Å²) in [5.41, 5.74) is 2.85. The topological polar surface area (TPSA) is 72.7 Å². The van der Waals surface area contributed by atoms with E-state index < -0.39 is 0 Å². The van der Waals surface area contributed by atoms with Crippen molar-refractivity contribution in [2.45, 2.75) is 31.2 Å². The molecule has 0 spiro atoms. The summed E-state index contributed by atoms with van der Waals surface area (Å²) in [5.74, 6) is 0.626. The van der Waals surface area contributed by atoms with Gasteiger partial charge in [0.05, 0.1) is 10.9 Å². The van der Waals surface area contributed by atoms with Crippen molar-refractivity contribution in [1.29, 1.82) is 0 Å². The van der Waals surface area contributed by atoms with Gasteiger partial charge in [-0.3, -0.25) is 9.36 Å². The number of thioether (sulfide) groups is 1. The van der Waals surface area contributed by atoms with Gasteiger partial charge < -0.3 is 5.32 Å². The molecule has 0 aliphatic carbocycles. The average molecular weight is 436 g/mol. The average Bonchev–Trinajstić information content (AvgIpc) is 3.31. The molecular weight excluding hydrogens is 414 g/mol. The lowest BCUT2D eigenvalue weighted by Gasteiger charge is -2.13. The third-order valence-electron chi connectivity index (χ3n) is 4.59. The number of amides is 1. The van der Waals surface area contributed by atoms with Crippen LogP contribution in [0.1, 0.15) is 17.5 Å². The van der Waals surface area contributed by atoms with E-state index in [-0.39, 0.29) is 11.2 Å². The van der Waals surface area contributed by atoms with Crippen molar-refractivity contribution in [3.8, 4) is 17.1 Å². The van der Waals surface area contributed by atoms with Gasteiger partial charge in [0.1, 0.15) is 0 Å². The van der Waals surface area contributed by atoms with Gasteiger partial charge in [-0.2, -0.15) is 0 Å². The molecule has 4 rings (SSSR count). The number of aromatic nitrogens is 4. The Balaban J connectivity index is 1.62. The second-order valence-electron chi connectivity index (χ2n) is 6.75. The number of anilines is 1. The number of nitrogens with zero attached hydrogens (tertiary/aromatic N) is 4. The molecule has 152 valence electrons. The van der Waals surface area contributed by atoms with Crippen LogP contribution in [0.15, 0.2) is 65.8 Å². The molecule has 1 N–H and O–H groups in total. The fourth-order valence-corrected chi connectivity index (χ4v) is 4.56. The second kappa shape index (κ2) is 8.81. The van der Waals surface area contributed by atoms with Crippen LogP contribution in [0.25, 0.3) is 17.1 Å². The number of hydrogen-bond acceptors (Lipinski definition) is 6. The summed E-state index contributed by atoms with van der Waals surface area (Å²) < 4.78 is 1.99. The molecule has 0 fully saturated rings. The van der Waals surface area contributed by atoms with Crippen LogP contribution in [0.4, 0.5) is 5.13 Å². The van der Waals surface area contributed by atoms with E-state index in [1.165, 1.54) is 23.1 Å². The Kier molecular flexibility index (Phi) is 5.96. The number of aryl methyl sites for hydroxylation is 2. The largest absolute Gasteiger partial charge is 0.301 e. The molecule has 0 saturated carbocycles. The Hall–Kier alpha value is -2.97. The highest BCUT2D eigenvalue weighted by atomic mass is 32.2. The summed E-state index contributed by atoms with van der Waals surface area (Å²) >= 11 is 2.86. The summed E-state index contributed by atoms with van der Waals surface area (Å²) in [5, 5.41) is 12.6. The van der Waals surface area contributed by atoms with Crippen molar-refractivity contribution < 1.29 is 4.79 Å². The van der Waals surface area contributed by atoms with E-state index in [4.69, 9.17) is 0 Å². The summed E-state index contributed by atoms with van der Waals surface area (Å²) in [6.45, 7) is 5.79. The molecule has 4 aromatic rings. The number of benzene rings is 2. The number of thiazole rings is 1. The van der Waals surface area contributed by atoms with Crippen molar-refractivity contribution in [2.24, 2.45) is 0 Å². The Bertz CT molecular complexity index is 1140. The first kappa shape index (κ1) is 20.3. The van der Waals surface area contributed by atoms with Gasteiger partial charge in [-0.25, -0.2) is 4.98 Å². The monoisotopic (exact) mass is 435 g/mol. The van der Waals surface area contributed by atoms with E-state index >= 15 is 0 Å². The van der Waals surface area contributed by atoms with Crippen LogP contribution in [0.5, 0.6) is 0 Å². The van der Waals surface area contributed by atoms with E-state index in [0.717, 1.165) is 27.6 Å². The number of hydrogen-bond donors (Lipinski definition) is 1. The van der Waals surface area contributed by atoms with Gasteiger partial charge >= 0.3 is 0 Å². The molecular formula is C22H21N5OS2. The van der Waals surface area contributed by atoms with Crippen molar-refractivity contribution >= 4 is 34.1 Å². The van der Waals surface area contributed by atoms with Crippen LogP contribution < -0.4 is 5.32 Å². The molecule has 2 heterocycles. The first-order chi connectivity index (χ1) is 14.5. The van der Waals surface area contributed by atoms with Crippen LogP contribution in [-0.4, -0.2) is 30.9 Å². The van der Waals surface area contributed by atoms with Crippen molar-refractivity contribution in [1.82, 2.24) is 19.7 Å². The Morgan fingerprint density at radius 1 is 1.03 bits per heavy atom. The molecule has 1 amide bonds. The maximum atomic E-state index is 12.7. The maximum Gasteiger partial charge on any atom is 0.239 e. The summed E-state index contributed by atoms with van der Waals surface area (Å²) in [4.78, 5) is 18.2. The molecule has 1 atom stereocenters. The smallest absolute Gasteiger partial charge is 0.239 e. The predicted molar refractivity (Wildman–Crippen MR) is 122 cm³/mol. The fraction of sp³-hybridized carbons (Fsp3) is 0.182. The Morgan fingerprint density at radius 2 is 1.70 bits per heavy atom. The molecule has 0 aliphatic heterocycles. The SMILES string of the molecule is Cc1nc(NC(=O)C(C)Sc2nnc(-c3ccccc3)n2-c2ccccc2)sc1C. The minimum atomic E-state index is -0.371. The lowest BCUT2D eigenvalue weighted by atomic mass is 10.2. The first-order valence-electron chi connectivity index (χ1n) is 9.50. The number of carbonyl (C=O) groups excluding carboxylic acids is 1. The minimum Gasteiger partial charge on any atom is -0.301 e. The van der Waals surface area contributed by atoms with Crippen LogP contribution >= 0.6 is 23.1 Å². The van der Waals surface area contributed by atoms with Crippen LogP contribution in [0.3, 0.4) is 0 Å². The van der Waals surface area contributed by atoms with Crippen LogP contribution in [0.2, 0.25) is 0 Å². The standard InChI is InChI=1S/C22H21N5OS2/c1-14-15(2)29-21(23-14)24-20(28)16(3)30-22-26-25-19(17-10-6-4-7-11-17)27(22)18-12-8-5-9-13-18/h4-13,16H,1-3H3,(H,23,24,28). The predicted octanol–water partition coefficient (Wildman–Crippen LogP) is 5.13. The molecule has 0 radical (unpaired) electrons. The minimum absolute atomic E-state index is 0.113. The van der Waals surface area contributed by atoms with Crippen LogP contribution in [0, 0.1) is 13.8 Å². The highest BCUT2D eigenvalue weighted by Crippen LogP contribution is 2.31. The number of rotatable bonds is 6. The molecule has 0 aliphatic rings.